The van der Waals surface area contributed by atoms with E-state index in [0.717, 1.165) is 0 Å². The van der Waals surface area contributed by atoms with Gasteiger partial charge in [-0.2, -0.15) is 0 Å². The van der Waals surface area contributed by atoms with Gasteiger partial charge < -0.3 is 10.5 Å². The molecule has 0 spiro atoms. The molecule has 0 bridgehead atoms. The van der Waals surface area contributed by atoms with E-state index in [0.29, 0.717) is 17.3 Å². The van der Waals surface area contributed by atoms with Gasteiger partial charge in [-0.1, -0.05) is 6.07 Å². The third kappa shape index (κ3) is 2.90. The second kappa shape index (κ2) is 5.01. The summed E-state index contributed by atoms with van der Waals surface area (Å²) in [4.78, 5) is 8.07. The molecule has 0 atom stereocenters. The molecule has 4 nitrogen and oxygen atoms in total. The lowest BCUT2D eigenvalue weighted by Gasteiger charge is -1.98. The number of ether oxygens (including phenoxy) is 1. The van der Waals surface area contributed by atoms with Gasteiger partial charge in [-0.3, -0.25) is 4.98 Å². The van der Waals surface area contributed by atoms with Gasteiger partial charge >= 0.3 is 0 Å². The van der Waals surface area contributed by atoms with Crippen molar-refractivity contribution < 1.29 is 4.74 Å². The smallest absolute Gasteiger partial charge is 0.149 e. The van der Waals surface area contributed by atoms with Gasteiger partial charge in [0.05, 0.1) is 13.3 Å². The lowest BCUT2D eigenvalue weighted by atomic mass is 10.3. The van der Waals surface area contributed by atoms with Crippen molar-refractivity contribution in [3.63, 3.8) is 0 Å². The van der Waals surface area contributed by atoms with Crippen LogP contribution in [-0.4, -0.2) is 17.9 Å². The predicted octanol–water partition coefficient (Wildman–Crippen LogP) is 1.29. The Morgan fingerprint density at radius 1 is 1.57 bits per heavy atom. The van der Waals surface area contributed by atoms with E-state index in [-0.39, 0.29) is 0 Å². The number of nitrogens with two attached hydrogens (primary N) is 1. The molecule has 1 rings (SSSR count). The van der Waals surface area contributed by atoms with Crippen LogP contribution < -0.4 is 5.73 Å². The van der Waals surface area contributed by atoms with Crippen LogP contribution in [0, 0.1) is 0 Å². The van der Waals surface area contributed by atoms with Crippen LogP contribution in [0.4, 0.5) is 0 Å². The fourth-order valence-electron chi connectivity index (χ4n) is 0.794. The number of rotatable bonds is 3. The van der Waals surface area contributed by atoms with E-state index in [4.69, 9.17) is 10.5 Å². The van der Waals surface area contributed by atoms with Crippen LogP contribution in [0.1, 0.15) is 12.6 Å². The van der Waals surface area contributed by atoms with E-state index in [1.807, 2.05) is 12.1 Å². The molecule has 0 amide bonds. The Balaban J connectivity index is 2.81. The van der Waals surface area contributed by atoms with Crippen molar-refractivity contribution in [2.45, 2.75) is 6.92 Å². The van der Waals surface area contributed by atoms with Crippen molar-refractivity contribution >= 4 is 5.84 Å². The van der Waals surface area contributed by atoms with Gasteiger partial charge in [0.1, 0.15) is 17.3 Å². The summed E-state index contributed by atoms with van der Waals surface area (Å²) in [6, 6.07) is 5.49. The van der Waals surface area contributed by atoms with E-state index in [1.165, 1.54) is 0 Å². The Bertz CT molecular complexity index is 344. The average Bonchev–Trinajstić information content (AvgIpc) is 2.26. The number of amidine groups is 1. The molecule has 1 heterocycles. The topological polar surface area (TPSA) is 60.5 Å². The Labute approximate surface area is 83.1 Å². The van der Waals surface area contributed by atoms with Crippen LogP contribution in [0.2, 0.25) is 0 Å². The van der Waals surface area contributed by atoms with Crippen molar-refractivity contribution in [3.8, 4) is 0 Å². The van der Waals surface area contributed by atoms with Crippen LogP contribution in [0.25, 0.3) is 0 Å². The normalized spacial score (nSPS) is 12.7. The van der Waals surface area contributed by atoms with E-state index >= 15 is 0 Å². The predicted molar refractivity (Wildman–Crippen MR) is 55.7 cm³/mol. The van der Waals surface area contributed by atoms with E-state index in [9.17, 15) is 0 Å². The molecule has 14 heavy (non-hydrogen) atoms. The lowest BCUT2D eigenvalue weighted by Crippen LogP contribution is -2.14. The second-order valence-electron chi connectivity index (χ2n) is 2.67. The lowest BCUT2D eigenvalue weighted by molar-refractivity contribution is 0.292. The van der Waals surface area contributed by atoms with E-state index in [2.05, 4.69) is 9.98 Å². The van der Waals surface area contributed by atoms with E-state index in [1.54, 1.807) is 32.5 Å². The molecule has 0 aliphatic carbocycles. The van der Waals surface area contributed by atoms with Crippen molar-refractivity contribution in [1.82, 2.24) is 4.98 Å². The van der Waals surface area contributed by atoms with Gasteiger partial charge in [-0.25, -0.2) is 4.99 Å². The fraction of sp³-hybridized carbons (Fsp3) is 0.200. The first-order chi connectivity index (χ1) is 6.74. The molecule has 0 saturated carbocycles. The second-order valence-corrected chi connectivity index (χ2v) is 2.67. The van der Waals surface area contributed by atoms with Crippen molar-refractivity contribution in [2.24, 2.45) is 10.7 Å². The highest BCUT2D eigenvalue weighted by Crippen LogP contribution is 1.96. The summed E-state index contributed by atoms with van der Waals surface area (Å²) >= 11 is 0. The molecule has 1 aromatic rings. The van der Waals surface area contributed by atoms with Crippen molar-refractivity contribution in [2.75, 3.05) is 7.11 Å². The molecular weight excluding hydrogens is 178 g/mol. The average molecular weight is 191 g/mol. The van der Waals surface area contributed by atoms with Crippen LogP contribution in [-0.2, 0) is 4.74 Å². The Morgan fingerprint density at radius 2 is 2.36 bits per heavy atom. The van der Waals surface area contributed by atoms with Crippen LogP contribution >= 0.6 is 0 Å². The van der Waals surface area contributed by atoms with Crippen molar-refractivity contribution in [1.29, 1.82) is 0 Å². The van der Waals surface area contributed by atoms with Crippen LogP contribution in [0.5, 0.6) is 0 Å². The maximum Gasteiger partial charge on any atom is 0.149 e. The number of methoxy groups -OCH3 is 1. The monoisotopic (exact) mass is 191 g/mol. The first-order valence-electron chi connectivity index (χ1n) is 4.19. The van der Waals surface area contributed by atoms with Gasteiger partial charge in [0, 0.05) is 6.20 Å². The van der Waals surface area contributed by atoms with Gasteiger partial charge in [-0.15, -0.1) is 0 Å². The molecule has 0 aliphatic heterocycles. The molecule has 4 heteroatoms. The third-order valence-corrected chi connectivity index (χ3v) is 1.63. The molecule has 0 unspecified atom stereocenters. The number of aromatic nitrogens is 1. The molecule has 0 fully saturated rings. The minimum Gasteiger partial charge on any atom is -0.500 e. The highest BCUT2D eigenvalue weighted by molar-refractivity contribution is 5.95. The zero-order valence-corrected chi connectivity index (χ0v) is 8.27. The van der Waals surface area contributed by atoms with Gasteiger partial charge in [0.25, 0.3) is 0 Å². The highest BCUT2D eigenvalue weighted by Gasteiger charge is 1.95. The highest BCUT2D eigenvalue weighted by atomic mass is 16.5. The number of hydrogen-bond acceptors (Lipinski definition) is 3. The standard InChI is InChI=1S/C10H13N3O/c1-8(14-2)7-13-10(11)9-5-3-4-6-12-9/h3-7H,1-2H3,(H2,11,13)/b8-7+. The fourth-order valence-corrected chi connectivity index (χ4v) is 0.794. The summed E-state index contributed by atoms with van der Waals surface area (Å²) in [5.74, 6) is 1.07. The molecular formula is C10H13N3O. The summed E-state index contributed by atoms with van der Waals surface area (Å²) in [6.07, 6.45) is 3.23. The molecule has 0 saturated heterocycles. The van der Waals surface area contributed by atoms with Gasteiger partial charge in [0.15, 0.2) is 0 Å². The first kappa shape index (κ1) is 10.2. The first-order valence-corrected chi connectivity index (χ1v) is 4.19. The number of hydrogen-bond donors (Lipinski definition) is 1. The number of aliphatic imine (C=N–C) groups is 1. The maximum absolute atomic E-state index is 5.69. The summed E-state index contributed by atoms with van der Waals surface area (Å²) in [5.41, 5.74) is 6.35. The van der Waals surface area contributed by atoms with Crippen molar-refractivity contribution in [3.05, 3.63) is 42.0 Å². The number of pyridine rings is 1. The molecule has 0 aliphatic rings. The quantitative estimate of drug-likeness (QED) is 0.445. The summed E-state index contributed by atoms with van der Waals surface area (Å²) in [6.45, 7) is 1.80. The van der Waals surface area contributed by atoms with Gasteiger partial charge in [0.2, 0.25) is 0 Å². The maximum atomic E-state index is 5.69. The van der Waals surface area contributed by atoms with Crippen LogP contribution in [0.3, 0.4) is 0 Å². The SMILES string of the molecule is CO/C(C)=C/N=C(\N)c1ccccn1. The Hall–Kier alpha value is -1.84. The number of nitrogens with zero attached hydrogens (tertiary/aromatic N) is 2. The third-order valence-electron chi connectivity index (χ3n) is 1.63. The van der Waals surface area contributed by atoms with E-state index < -0.39 is 0 Å². The Morgan fingerprint density at radius 3 is 2.93 bits per heavy atom. The molecule has 0 aromatic carbocycles. The number of allylic oxidation sites excluding steroid dienone is 1. The zero-order valence-electron chi connectivity index (χ0n) is 8.27. The Kier molecular flexibility index (Phi) is 3.67. The summed E-state index contributed by atoms with van der Waals surface area (Å²) in [7, 11) is 1.58. The molecule has 1 aromatic heterocycles. The summed E-state index contributed by atoms with van der Waals surface area (Å²) < 4.78 is 4.91. The summed E-state index contributed by atoms with van der Waals surface area (Å²) in [5, 5.41) is 0. The minimum atomic E-state index is 0.377. The zero-order chi connectivity index (χ0) is 10.4. The molecule has 2 N–H and O–H groups in total. The molecule has 74 valence electrons. The molecule has 0 radical (unpaired) electrons. The van der Waals surface area contributed by atoms with Crippen LogP contribution in [0.15, 0.2) is 41.3 Å². The van der Waals surface area contributed by atoms with Gasteiger partial charge in [-0.05, 0) is 19.1 Å². The largest absolute Gasteiger partial charge is 0.500 e. The minimum absolute atomic E-state index is 0.377.